The van der Waals surface area contributed by atoms with Crippen LogP contribution in [0.2, 0.25) is 0 Å². The van der Waals surface area contributed by atoms with Crippen LogP contribution in [0.4, 0.5) is 0 Å². The fourth-order valence-corrected chi connectivity index (χ4v) is 3.28. The first-order valence-electron chi connectivity index (χ1n) is 7.48. The monoisotopic (exact) mass is 253 g/mol. The highest BCUT2D eigenvalue weighted by molar-refractivity contribution is 5.10. The zero-order valence-corrected chi connectivity index (χ0v) is 11.8. The number of nitrogens with one attached hydrogen (secondary N) is 1. The van der Waals surface area contributed by atoms with Crippen LogP contribution < -0.4 is 5.32 Å². The number of hydrogen-bond donors (Lipinski definition) is 1. The topological polar surface area (TPSA) is 30.5 Å². The minimum Gasteiger partial charge on any atom is -0.496 e. The molecular weight excluding hydrogens is 226 g/mol. The van der Waals surface area contributed by atoms with Gasteiger partial charge in [0, 0.05) is 13.0 Å². The summed E-state index contributed by atoms with van der Waals surface area (Å²) in [5.41, 5.74) is 0. The second-order valence-corrected chi connectivity index (χ2v) is 5.33. The van der Waals surface area contributed by atoms with Gasteiger partial charge in [0.1, 0.15) is 5.76 Å². The van der Waals surface area contributed by atoms with E-state index in [0.717, 1.165) is 25.4 Å². The molecular formula is C15H27NO2. The Morgan fingerprint density at radius 2 is 2.17 bits per heavy atom. The van der Waals surface area contributed by atoms with Gasteiger partial charge in [0.25, 0.3) is 0 Å². The molecule has 0 bridgehead atoms. The van der Waals surface area contributed by atoms with Gasteiger partial charge in [-0.25, -0.2) is 0 Å². The molecule has 1 saturated carbocycles. The molecule has 2 aliphatic rings. The van der Waals surface area contributed by atoms with Crippen molar-refractivity contribution in [2.75, 3.05) is 20.3 Å². The van der Waals surface area contributed by atoms with Crippen molar-refractivity contribution in [1.82, 2.24) is 5.32 Å². The highest BCUT2D eigenvalue weighted by Crippen LogP contribution is 2.32. The molecule has 2 atom stereocenters. The minimum atomic E-state index is 0.232. The van der Waals surface area contributed by atoms with Crippen LogP contribution in [0, 0.1) is 5.92 Å². The molecule has 1 fully saturated rings. The predicted octanol–water partition coefficient (Wildman–Crippen LogP) is 2.86. The Morgan fingerprint density at radius 3 is 2.72 bits per heavy atom. The SMILES string of the molecule is CCOC(C1CCCCC1)C(NC)C1=CCCO1. The van der Waals surface area contributed by atoms with Crippen molar-refractivity contribution < 1.29 is 9.47 Å². The first-order valence-corrected chi connectivity index (χ1v) is 7.48. The van der Waals surface area contributed by atoms with E-state index in [1.807, 2.05) is 7.05 Å². The molecule has 0 spiro atoms. The molecule has 104 valence electrons. The first-order chi connectivity index (χ1) is 8.86. The smallest absolute Gasteiger partial charge is 0.112 e. The maximum atomic E-state index is 6.06. The van der Waals surface area contributed by atoms with Gasteiger partial charge in [0.15, 0.2) is 0 Å². The summed E-state index contributed by atoms with van der Waals surface area (Å²) >= 11 is 0. The van der Waals surface area contributed by atoms with Gasteiger partial charge >= 0.3 is 0 Å². The molecule has 0 aromatic carbocycles. The van der Waals surface area contributed by atoms with Crippen LogP contribution in [0.5, 0.6) is 0 Å². The Morgan fingerprint density at radius 1 is 1.39 bits per heavy atom. The summed E-state index contributed by atoms with van der Waals surface area (Å²) in [5, 5.41) is 3.41. The Bertz CT molecular complexity index is 272. The summed E-state index contributed by atoms with van der Waals surface area (Å²) in [6.45, 7) is 3.70. The van der Waals surface area contributed by atoms with Gasteiger partial charge in [0.05, 0.1) is 18.8 Å². The number of rotatable bonds is 6. The lowest BCUT2D eigenvalue weighted by molar-refractivity contribution is -0.0187. The molecule has 18 heavy (non-hydrogen) atoms. The van der Waals surface area contributed by atoms with Crippen LogP contribution in [0.3, 0.4) is 0 Å². The number of hydrogen-bond acceptors (Lipinski definition) is 3. The van der Waals surface area contributed by atoms with Crippen LogP contribution in [0.15, 0.2) is 11.8 Å². The Kier molecular flexibility index (Phi) is 5.51. The van der Waals surface area contributed by atoms with Crippen molar-refractivity contribution >= 4 is 0 Å². The third kappa shape index (κ3) is 3.27. The van der Waals surface area contributed by atoms with E-state index in [4.69, 9.17) is 9.47 Å². The molecule has 0 saturated heterocycles. The predicted molar refractivity (Wildman–Crippen MR) is 73.5 cm³/mol. The van der Waals surface area contributed by atoms with E-state index >= 15 is 0 Å². The van der Waals surface area contributed by atoms with Crippen LogP contribution in [-0.4, -0.2) is 32.4 Å². The molecule has 0 amide bonds. The quantitative estimate of drug-likeness (QED) is 0.789. The molecule has 0 radical (unpaired) electrons. The lowest BCUT2D eigenvalue weighted by Gasteiger charge is -2.35. The van der Waals surface area contributed by atoms with Gasteiger partial charge in [0.2, 0.25) is 0 Å². The normalized spacial score (nSPS) is 24.4. The fourth-order valence-electron chi connectivity index (χ4n) is 3.28. The van der Waals surface area contributed by atoms with Crippen molar-refractivity contribution in [3.8, 4) is 0 Å². The summed E-state index contributed by atoms with van der Waals surface area (Å²) in [6.07, 6.45) is 10.2. The summed E-state index contributed by atoms with van der Waals surface area (Å²) < 4.78 is 11.8. The lowest BCUT2D eigenvalue weighted by Crippen LogP contribution is -2.46. The molecule has 0 aromatic heterocycles. The van der Waals surface area contributed by atoms with Gasteiger partial charge in [-0.3, -0.25) is 0 Å². The van der Waals surface area contributed by atoms with Gasteiger partial charge in [-0.15, -0.1) is 0 Å². The maximum absolute atomic E-state index is 6.06. The lowest BCUT2D eigenvalue weighted by atomic mass is 9.82. The minimum absolute atomic E-state index is 0.232. The third-order valence-electron chi connectivity index (χ3n) is 4.15. The Hall–Kier alpha value is -0.540. The standard InChI is InChI=1S/C15H27NO2/c1-3-17-15(12-8-5-4-6-9-12)14(16-2)13-10-7-11-18-13/h10,12,14-16H,3-9,11H2,1-2H3. The zero-order valence-electron chi connectivity index (χ0n) is 11.8. The van der Waals surface area contributed by atoms with E-state index in [0.29, 0.717) is 5.92 Å². The highest BCUT2D eigenvalue weighted by atomic mass is 16.5. The molecule has 3 nitrogen and oxygen atoms in total. The summed E-state index contributed by atoms with van der Waals surface area (Å²) in [6, 6.07) is 0.232. The van der Waals surface area contributed by atoms with E-state index in [2.05, 4.69) is 18.3 Å². The van der Waals surface area contributed by atoms with E-state index in [-0.39, 0.29) is 12.1 Å². The van der Waals surface area contributed by atoms with E-state index in [1.165, 1.54) is 32.1 Å². The van der Waals surface area contributed by atoms with Gasteiger partial charge in [-0.2, -0.15) is 0 Å². The van der Waals surface area contributed by atoms with Crippen molar-refractivity contribution in [2.24, 2.45) is 5.92 Å². The molecule has 3 heteroatoms. The molecule has 1 heterocycles. The van der Waals surface area contributed by atoms with Crippen molar-refractivity contribution in [1.29, 1.82) is 0 Å². The van der Waals surface area contributed by atoms with Gasteiger partial charge < -0.3 is 14.8 Å². The maximum Gasteiger partial charge on any atom is 0.112 e. The molecule has 2 rings (SSSR count). The average molecular weight is 253 g/mol. The van der Waals surface area contributed by atoms with Crippen LogP contribution in [-0.2, 0) is 9.47 Å². The molecule has 2 unspecified atom stereocenters. The molecule has 1 N–H and O–H groups in total. The van der Waals surface area contributed by atoms with Gasteiger partial charge in [-0.1, -0.05) is 19.3 Å². The Labute approximate surface area is 111 Å². The van der Waals surface area contributed by atoms with Crippen molar-refractivity contribution in [2.45, 2.75) is 57.6 Å². The van der Waals surface area contributed by atoms with Crippen LogP contribution in [0.25, 0.3) is 0 Å². The van der Waals surface area contributed by atoms with Gasteiger partial charge in [-0.05, 0) is 38.8 Å². The second-order valence-electron chi connectivity index (χ2n) is 5.33. The average Bonchev–Trinajstić information content (AvgIpc) is 2.94. The van der Waals surface area contributed by atoms with Crippen molar-refractivity contribution in [3.05, 3.63) is 11.8 Å². The van der Waals surface area contributed by atoms with E-state index < -0.39 is 0 Å². The number of likely N-dealkylation sites (N-methyl/N-ethyl adjacent to an activating group) is 1. The van der Waals surface area contributed by atoms with E-state index in [1.54, 1.807) is 0 Å². The van der Waals surface area contributed by atoms with Crippen LogP contribution >= 0.6 is 0 Å². The Balaban J connectivity index is 2.05. The zero-order chi connectivity index (χ0) is 12.8. The largest absolute Gasteiger partial charge is 0.496 e. The summed E-state index contributed by atoms with van der Waals surface area (Å²) in [5.74, 6) is 1.78. The van der Waals surface area contributed by atoms with Crippen LogP contribution in [0.1, 0.15) is 45.4 Å². The van der Waals surface area contributed by atoms with E-state index in [9.17, 15) is 0 Å². The number of ether oxygens (including phenoxy) is 2. The fraction of sp³-hybridized carbons (Fsp3) is 0.867. The molecule has 1 aliphatic heterocycles. The summed E-state index contributed by atoms with van der Waals surface area (Å²) in [4.78, 5) is 0. The first kappa shape index (κ1) is 13.9. The second kappa shape index (κ2) is 7.15. The molecule has 0 aromatic rings. The highest BCUT2D eigenvalue weighted by Gasteiger charge is 2.34. The van der Waals surface area contributed by atoms with Crippen molar-refractivity contribution in [3.63, 3.8) is 0 Å². The third-order valence-corrected chi connectivity index (χ3v) is 4.15. The molecule has 1 aliphatic carbocycles. The summed E-state index contributed by atoms with van der Waals surface area (Å²) in [7, 11) is 2.02.